The Bertz CT molecular complexity index is 461. The summed E-state index contributed by atoms with van der Waals surface area (Å²) in [5.41, 5.74) is 0.911. The van der Waals surface area contributed by atoms with Gasteiger partial charge < -0.3 is 20.5 Å². The van der Waals surface area contributed by atoms with Crippen LogP contribution in [-0.4, -0.2) is 30.3 Å². The van der Waals surface area contributed by atoms with Crippen molar-refractivity contribution < 1.29 is 19.4 Å². The second-order valence-corrected chi connectivity index (χ2v) is 3.95. The van der Waals surface area contributed by atoms with Gasteiger partial charge in [0.1, 0.15) is 12.3 Å². The minimum atomic E-state index is -1.07. The summed E-state index contributed by atoms with van der Waals surface area (Å²) in [6, 6.07) is 6.83. The molecule has 0 aromatic heterocycles. The van der Waals surface area contributed by atoms with Gasteiger partial charge in [0.25, 0.3) is 0 Å². The van der Waals surface area contributed by atoms with Gasteiger partial charge >= 0.3 is 12.0 Å². The molecule has 1 heterocycles. The summed E-state index contributed by atoms with van der Waals surface area (Å²) in [4.78, 5) is 21.8. The summed E-state index contributed by atoms with van der Waals surface area (Å²) in [6.45, 7) is 0.136. The maximum absolute atomic E-state index is 11.5. The zero-order valence-electron chi connectivity index (χ0n) is 9.68. The van der Waals surface area contributed by atoms with Gasteiger partial charge in [-0.25, -0.2) is 4.79 Å². The van der Waals surface area contributed by atoms with E-state index in [-0.39, 0.29) is 6.04 Å². The summed E-state index contributed by atoms with van der Waals surface area (Å²) >= 11 is 0. The van der Waals surface area contributed by atoms with Crippen LogP contribution in [-0.2, 0) is 4.79 Å². The summed E-state index contributed by atoms with van der Waals surface area (Å²) in [5, 5.41) is 13.5. The first-order valence-corrected chi connectivity index (χ1v) is 5.64. The van der Waals surface area contributed by atoms with E-state index in [4.69, 9.17) is 9.84 Å². The second kappa shape index (κ2) is 5.39. The molecule has 2 rings (SSSR count). The van der Waals surface area contributed by atoms with Gasteiger partial charge in [0.15, 0.2) is 0 Å². The highest BCUT2D eigenvalue weighted by atomic mass is 16.5. The fourth-order valence-corrected chi connectivity index (χ4v) is 1.86. The lowest BCUT2D eigenvalue weighted by molar-refractivity contribution is -0.135. The van der Waals surface area contributed by atoms with E-state index in [1.54, 1.807) is 0 Å². The van der Waals surface area contributed by atoms with Crippen LogP contribution in [0.1, 0.15) is 18.0 Å². The minimum absolute atomic E-state index is 0.149. The zero-order valence-corrected chi connectivity index (χ0v) is 9.68. The number of ether oxygens (including phenoxy) is 1. The molecule has 0 bridgehead atoms. The molecule has 1 aliphatic heterocycles. The molecule has 0 aliphatic carbocycles. The smallest absolute Gasteiger partial charge is 0.323 e. The molecule has 3 N–H and O–H groups in total. The number of fused-ring (bicyclic) bond motifs is 1. The number of carboxylic acids is 1. The molecule has 1 atom stereocenters. The summed E-state index contributed by atoms with van der Waals surface area (Å²) in [7, 11) is 0. The first-order chi connectivity index (χ1) is 8.66. The number of para-hydroxylation sites is 1. The molecule has 18 heavy (non-hydrogen) atoms. The number of rotatable bonds is 3. The summed E-state index contributed by atoms with van der Waals surface area (Å²) < 4.78 is 5.47. The zero-order chi connectivity index (χ0) is 13.0. The van der Waals surface area contributed by atoms with E-state index in [1.165, 1.54) is 0 Å². The van der Waals surface area contributed by atoms with E-state index in [2.05, 4.69) is 10.6 Å². The second-order valence-electron chi connectivity index (χ2n) is 3.95. The van der Waals surface area contributed by atoms with Crippen LogP contribution in [0, 0.1) is 0 Å². The van der Waals surface area contributed by atoms with Gasteiger partial charge in [0.05, 0.1) is 12.6 Å². The van der Waals surface area contributed by atoms with Gasteiger partial charge in [-0.15, -0.1) is 0 Å². The molecule has 6 nitrogen and oxygen atoms in total. The van der Waals surface area contributed by atoms with E-state index < -0.39 is 18.5 Å². The van der Waals surface area contributed by atoms with E-state index in [0.717, 1.165) is 11.3 Å². The largest absolute Gasteiger partial charge is 0.493 e. The Morgan fingerprint density at radius 2 is 2.17 bits per heavy atom. The molecule has 0 saturated heterocycles. The standard InChI is InChI=1S/C12H14N2O4/c15-11(16)7-13-12(17)14-9-5-6-18-10-4-2-1-3-8(9)10/h1-4,9H,5-7H2,(H,15,16)(H2,13,14,17). The summed E-state index contributed by atoms with van der Waals surface area (Å²) in [6.07, 6.45) is 0.664. The van der Waals surface area contributed by atoms with Gasteiger partial charge in [-0.3, -0.25) is 4.79 Å². The van der Waals surface area contributed by atoms with E-state index in [1.807, 2.05) is 24.3 Å². The predicted octanol–water partition coefficient (Wildman–Crippen LogP) is 0.894. The van der Waals surface area contributed by atoms with Crippen molar-refractivity contribution in [3.8, 4) is 5.75 Å². The number of benzene rings is 1. The third-order valence-electron chi connectivity index (χ3n) is 2.66. The Morgan fingerprint density at radius 1 is 1.39 bits per heavy atom. The van der Waals surface area contributed by atoms with Gasteiger partial charge in [-0.2, -0.15) is 0 Å². The van der Waals surface area contributed by atoms with Crippen molar-refractivity contribution in [1.29, 1.82) is 0 Å². The Balaban J connectivity index is 1.98. The van der Waals surface area contributed by atoms with Crippen molar-refractivity contribution in [3.05, 3.63) is 29.8 Å². The monoisotopic (exact) mass is 250 g/mol. The van der Waals surface area contributed by atoms with E-state index >= 15 is 0 Å². The molecule has 0 saturated carbocycles. The van der Waals surface area contributed by atoms with Gasteiger partial charge in [0.2, 0.25) is 0 Å². The molecule has 0 radical (unpaired) electrons. The highest BCUT2D eigenvalue weighted by molar-refractivity contribution is 5.80. The number of carbonyl (C=O) groups excluding carboxylic acids is 1. The van der Waals surface area contributed by atoms with Crippen molar-refractivity contribution in [2.24, 2.45) is 0 Å². The molecule has 0 spiro atoms. The van der Waals surface area contributed by atoms with Crippen LogP contribution in [0.15, 0.2) is 24.3 Å². The molecular weight excluding hydrogens is 236 g/mol. The average molecular weight is 250 g/mol. The van der Waals surface area contributed by atoms with Gasteiger partial charge in [-0.1, -0.05) is 18.2 Å². The summed E-state index contributed by atoms with van der Waals surface area (Å²) in [5.74, 6) is -0.315. The molecule has 1 aromatic rings. The van der Waals surface area contributed by atoms with E-state index in [0.29, 0.717) is 13.0 Å². The Kier molecular flexibility index (Phi) is 3.66. The molecule has 6 heteroatoms. The van der Waals surface area contributed by atoms with Crippen molar-refractivity contribution in [2.45, 2.75) is 12.5 Å². The first-order valence-electron chi connectivity index (χ1n) is 5.64. The highest BCUT2D eigenvalue weighted by Gasteiger charge is 2.22. The van der Waals surface area contributed by atoms with Gasteiger partial charge in [0, 0.05) is 12.0 Å². The van der Waals surface area contributed by atoms with Crippen molar-refractivity contribution in [2.75, 3.05) is 13.2 Å². The lowest BCUT2D eigenvalue weighted by atomic mass is 10.0. The van der Waals surface area contributed by atoms with Gasteiger partial charge in [-0.05, 0) is 6.07 Å². The Labute approximate surface area is 104 Å². The van der Waals surface area contributed by atoms with Crippen LogP contribution < -0.4 is 15.4 Å². The number of hydrogen-bond donors (Lipinski definition) is 3. The predicted molar refractivity (Wildman–Crippen MR) is 63.5 cm³/mol. The van der Waals surface area contributed by atoms with Crippen LogP contribution in [0.25, 0.3) is 0 Å². The van der Waals surface area contributed by atoms with Crippen molar-refractivity contribution in [3.63, 3.8) is 0 Å². The lowest BCUT2D eigenvalue weighted by Gasteiger charge is -2.26. The quantitative estimate of drug-likeness (QED) is 0.743. The van der Waals surface area contributed by atoms with Crippen LogP contribution in [0.3, 0.4) is 0 Å². The van der Waals surface area contributed by atoms with E-state index in [9.17, 15) is 9.59 Å². The first kappa shape index (κ1) is 12.2. The van der Waals surface area contributed by atoms with Crippen LogP contribution in [0.4, 0.5) is 4.79 Å². The Morgan fingerprint density at radius 3 is 2.94 bits per heavy atom. The SMILES string of the molecule is O=C(O)CNC(=O)NC1CCOc2ccccc21. The minimum Gasteiger partial charge on any atom is -0.493 e. The highest BCUT2D eigenvalue weighted by Crippen LogP contribution is 2.31. The fraction of sp³-hybridized carbons (Fsp3) is 0.333. The maximum atomic E-state index is 11.5. The lowest BCUT2D eigenvalue weighted by Crippen LogP contribution is -2.41. The number of amides is 2. The third kappa shape index (κ3) is 2.91. The number of carbonyl (C=O) groups is 2. The average Bonchev–Trinajstić information content (AvgIpc) is 2.37. The van der Waals surface area contributed by atoms with Crippen LogP contribution in [0.2, 0.25) is 0 Å². The number of hydrogen-bond acceptors (Lipinski definition) is 3. The molecule has 0 fully saturated rings. The molecular formula is C12H14N2O4. The van der Waals surface area contributed by atoms with Crippen LogP contribution in [0.5, 0.6) is 5.75 Å². The molecule has 96 valence electrons. The molecule has 1 aromatic carbocycles. The number of carboxylic acid groups (broad SMARTS) is 1. The normalized spacial score (nSPS) is 17.2. The number of aliphatic carboxylic acids is 1. The van der Waals surface area contributed by atoms with Crippen molar-refractivity contribution in [1.82, 2.24) is 10.6 Å². The maximum Gasteiger partial charge on any atom is 0.323 e. The molecule has 2 amide bonds. The molecule has 1 aliphatic rings. The number of urea groups is 1. The van der Waals surface area contributed by atoms with Crippen molar-refractivity contribution >= 4 is 12.0 Å². The fourth-order valence-electron chi connectivity index (χ4n) is 1.86. The Hall–Kier alpha value is -2.24. The topological polar surface area (TPSA) is 87.7 Å². The van der Waals surface area contributed by atoms with Crippen LogP contribution >= 0.6 is 0 Å². The molecule has 1 unspecified atom stereocenters. The number of nitrogens with one attached hydrogen (secondary N) is 2. The third-order valence-corrected chi connectivity index (χ3v) is 2.66.